The summed E-state index contributed by atoms with van der Waals surface area (Å²) in [5.41, 5.74) is -1.89. The highest BCUT2D eigenvalue weighted by molar-refractivity contribution is 7.10. The van der Waals surface area contributed by atoms with E-state index in [4.69, 9.17) is 19.4 Å². The highest BCUT2D eigenvalue weighted by atomic mass is 32.1. The Labute approximate surface area is 223 Å². The van der Waals surface area contributed by atoms with Gasteiger partial charge in [0.25, 0.3) is 5.60 Å². The second-order valence-electron chi connectivity index (χ2n) is 9.34. The molecular weight excluding hydrogens is 523 g/mol. The molecule has 0 spiro atoms. The van der Waals surface area contributed by atoms with E-state index in [9.17, 15) is 23.1 Å². The maximum atomic E-state index is 13.0. The van der Waals surface area contributed by atoms with E-state index in [1.807, 2.05) is 41.8 Å². The first-order valence-electron chi connectivity index (χ1n) is 12.2. The van der Waals surface area contributed by atoms with Gasteiger partial charge in [-0.1, -0.05) is 30.2 Å². The number of carbonyl (C=O) groups excluding carboxylic acids is 2. The molecule has 0 aliphatic carbocycles. The second kappa shape index (κ2) is 12.7. The number of hydrogen-bond acceptors (Lipinski definition) is 7. The normalized spacial score (nSPS) is 23.6. The lowest BCUT2D eigenvalue weighted by molar-refractivity contribution is -0.946. The van der Waals surface area contributed by atoms with Crippen molar-refractivity contribution in [3.8, 4) is 17.6 Å². The van der Waals surface area contributed by atoms with E-state index in [-0.39, 0.29) is 6.10 Å². The highest BCUT2D eigenvalue weighted by Crippen LogP contribution is 2.37. The summed E-state index contributed by atoms with van der Waals surface area (Å²) in [7, 11) is 0. The predicted molar refractivity (Wildman–Crippen MR) is 132 cm³/mol. The van der Waals surface area contributed by atoms with Gasteiger partial charge >= 0.3 is 12.1 Å². The molecule has 0 amide bonds. The van der Waals surface area contributed by atoms with E-state index >= 15 is 0 Å². The van der Waals surface area contributed by atoms with Crippen molar-refractivity contribution in [1.82, 2.24) is 0 Å². The summed E-state index contributed by atoms with van der Waals surface area (Å²) in [5.74, 6) is 2.99. The van der Waals surface area contributed by atoms with E-state index in [1.54, 1.807) is 13.0 Å². The van der Waals surface area contributed by atoms with Crippen LogP contribution in [0.5, 0.6) is 5.75 Å². The number of quaternary nitrogens is 1. The molecule has 2 aromatic rings. The topological polar surface area (TPSA) is 95.9 Å². The minimum absolute atomic E-state index is 0.171. The number of thiophene rings is 1. The molecule has 0 saturated carbocycles. The zero-order chi connectivity index (χ0) is 27.8. The Kier molecular flexibility index (Phi) is 9.82. The number of alkyl halides is 3. The average Bonchev–Trinajstić information content (AvgIpc) is 3.44. The molecule has 1 aromatic carbocycles. The molecule has 1 N–H and O–H groups in total. The summed E-state index contributed by atoms with van der Waals surface area (Å²) < 4.78 is 44.3. The lowest BCUT2D eigenvalue weighted by atomic mass is 9.83. The standard InChI is InChI=1S/C25H30NO4S.C2HF3O2/c1-2-13-25(28,23-10-6-18-31-23)24(27)30-22-19-26(15-11-20(22)12-16-26)14-7-17-29-21-8-4-3-5-9-21;3-2(4,5)1(6)7/h3-6,8-10,18,20,22,28H,7,11-12,14-17,19H2,1H3;(H,6,7)/q+1;/p-1/t20?,22-,25?,26?;/m0./s1. The van der Waals surface area contributed by atoms with Crippen LogP contribution < -0.4 is 9.84 Å². The SMILES string of the molecule is CC#CC(O)(C(=O)O[C@H]1C[N+]2(CCCOc3ccccc3)CCC1CC2)c1cccs1.O=C([O-])C(F)(F)F. The van der Waals surface area contributed by atoms with Crippen molar-refractivity contribution in [2.75, 3.05) is 32.8 Å². The van der Waals surface area contributed by atoms with Crippen molar-refractivity contribution in [2.45, 2.75) is 44.1 Å². The van der Waals surface area contributed by atoms with Gasteiger partial charge in [0.1, 0.15) is 18.3 Å². The van der Waals surface area contributed by atoms with Crippen LogP contribution in [0.15, 0.2) is 47.8 Å². The van der Waals surface area contributed by atoms with E-state index in [1.165, 1.54) is 11.3 Å². The molecule has 3 fully saturated rings. The van der Waals surface area contributed by atoms with Crippen LogP contribution in [0, 0.1) is 17.8 Å². The number of esters is 1. The van der Waals surface area contributed by atoms with Gasteiger partial charge in [0.15, 0.2) is 6.10 Å². The fourth-order valence-corrected chi connectivity index (χ4v) is 5.64. The second-order valence-corrected chi connectivity index (χ2v) is 10.3. The summed E-state index contributed by atoms with van der Waals surface area (Å²) in [6.45, 7) is 6.36. The number of halogens is 3. The average molecular weight is 554 g/mol. The van der Waals surface area contributed by atoms with Gasteiger partial charge in [0, 0.05) is 25.2 Å². The Morgan fingerprint density at radius 2 is 1.82 bits per heavy atom. The van der Waals surface area contributed by atoms with Gasteiger partial charge < -0.3 is 29.0 Å². The maximum Gasteiger partial charge on any atom is 0.430 e. The van der Waals surface area contributed by atoms with Crippen LogP contribution in [-0.4, -0.2) is 66.6 Å². The van der Waals surface area contributed by atoms with Crippen molar-refractivity contribution < 1.29 is 46.9 Å². The molecule has 1 aromatic heterocycles. The first kappa shape index (κ1) is 29.5. The van der Waals surface area contributed by atoms with E-state index in [0.29, 0.717) is 17.4 Å². The summed E-state index contributed by atoms with van der Waals surface area (Å²) in [5, 5.41) is 21.6. The lowest BCUT2D eigenvalue weighted by Crippen LogP contribution is -2.65. The van der Waals surface area contributed by atoms with E-state index in [0.717, 1.165) is 55.7 Å². The monoisotopic (exact) mass is 553 g/mol. The van der Waals surface area contributed by atoms with Crippen LogP contribution in [0.4, 0.5) is 13.2 Å². The molecule has 7 nitrogen and oxygen atoms in total. The largest absolute Gasteiger partial charge is 0.542 e. The number of benzene rings is 1. The smallest absolute Gasteiger partial charge is 0.430 e. The number of carboxylic acids is 1. The Morgan fingerprint density at radius 3 is 2.37 bits per heavy atom. The van der Waals surface area contributed by atoms with Gasteiger partial charge in [-0.2, -0.15) is 13.2 Å². The first-order valence-corrected chi connectivity index (χ1v) is 13.1. The lowest BCUT2D eigenvalue weighted by Gasteiger charge is -2.52. The molecule has 4 heterocycles. The summed E-state index contributed by atoms with van der Waals surface area (Å²) >= 11 is 1.32. The molecule has 0 radical (unpaired) electrons. The molecule has 206 valence electrons. The van der Waals surface area contributed by atoms with Crippen molar-refractivity contribution in [1.29, 1.82) is 0 Å². The van der Waals surface area contributed by atoms with E-state index in [2.05, 4.69) is 11.8 Å². The highest BCUT2D eigenvalue weighted by Gasteiger charge is 2.49. The van der Waals surface area contributed by atoms with Crippen molar-refractivity contribution in [3.05, 3.63) is 52.7 Å². The van der Waals surface area contributed by atoms with Crippen LogP contribution in [0.3, 0.4) is 0 Å². The van der Waals surface area contributed by atoms with E-state index < -0.39 is 23.7 Å². The minimum atomic E-state index is -5.19. The number of ether oxygens (including phenoxy) is 2. The van der Waals surface area contributed by atoms with Crippen LogP contribution in [-0.2, 0) is 19.9 Å². The molecule has 2 bridgehead atoms. The van der Waals surface area contributed by atoms with Crippen LogP contribution in [0.2, 0.25) is 0 Å². The van der Waals surface area contributed by atoms with Gasteiger partial charge in [-0.05, 0) is 30.5 Å². The number of aliphatic carboxylic acids is 1. The predicted octanol–water partition coefficient (Wildman–Crippen LogP) is 2.88. The van der Waals surface area contributed by atoms with Gasteiger partial charge in [-0.25, -0.2) is 4.79 Å². The van der Waals surface area contributed by atoms with Gasteiger partial charge in [-0.15, -0.1) is 17.3 Å². The molecule has 3 aliphatic heterocycles. The summed E-state index contributed by atoms with van der Waals surface area (Å²) in [4.78, 5) is 22.3. The van der Waals surface area contributed by atoms with Gasteiger partial charge in [0.2, 0.25) is 0 Å². The fourth-order valence-electron chi connectivity index (χ4n) is 4.88. The Morgan fingerprint density at radius 1 is 1.16 bits per heavy atom. The van der Waals surface area contributed by atoms with Gasteiger partial charge in [0.05, 0.1) is 31.1 Å². The Bertz CT molecular complexity index is 1120. The van der Waals surface area contributed by atoms with Crippen LogP contribution in [0.25, 0.3) is 0 Å². The Hall–Kier alpha value is -3.07. The molecule has 2 atom stereocenters. The van der Waals surface area contributed by atoms with Gasteiger partial charge in [-0.3, -0.25) is 0 Å². The Balaban J connectivity index is 0.000000505. The third-order valence-electron chi connectivity index (χ3n) is 6.80. The summed E-state index contributed by atoms with van der Waals surface area (Å²) in [6, 6.07) is 13.4. The zero-order valence-electron chi connectivity index (χ0n) is 20.9. The number of carbonyl (C=O) groups is 2. The number of fused-ring (bicyclic) bond motifs is 3. The number of nitrogens with zero attached hydrogens (tertiary/aromatic N) is 1. The van der Waals surface area contributed by atoms with Crippen molar-refractivity contribution in [2.24, 2.45) is 5.92 Å². The molecule has 11 heteroatoms. The van der Waals surface area contributed by atoms with Crippen LogP contribution in [0.1, 0.15) is 31.1 Å². The van der Waals surface area contributed by atoms with Crippen molar-refractivity contribution in [3.63, 3.8) is 0 Å². The van der Waals surface area contributed by atoms with Crippen LogP contribution >= 0.6 is 11.3 Å². The molecule has 5 rings (SSSR count). The number of carboxylic acid groups (broad SMARTS) is 1. The van der Waals surface area contributed by atoms with Crippen molar-refractivity contribution >= 4 is 23.3 Å². The summed E-state index contributed by atoms with van der Waals surface area (Å²) in [6.07, 6.45) is -2.31. The first-order chi connectivity index (χ1) is 18.0. The fraction of sp³-hybridized carbons (Fsp3) is 0.481. The third-order valence-corrected chi connectivity index (χ3v) is 7.78. The number of hydrogen-bond donors (Lipinski definition) is 1. The quantitative estimate of drug-likeness (QED) is 0.234. The minimum Gasteiger partial charge on any atom is -0.542 e. The number of para-hydroxylation sites is 1. The molecule has 38 heavy (non-hydrogen) atoms. The molecule has 3 aliphatic rings. The number of piperidine rings is 3. The molecule has 3 saturated heterocycles. The maximum absolute atomic E-state index is 13.0. The third kappa shape index (κ3) is 7.49. The molecule has 1 unspecified atom stereocenters. The number of aliphatic hydroxyl groups is 1. The zero-order valence-corrected chi connectivity index (χ0v) is 21.7. The number of rotatable bonds is 8. The molecular formula is C27H30F3NO6S.